The Morgan fingerprint density at radius 3 is 2.48 bits per heavy atom. The number of hydrogen-bond acceptors (Lipinski definition) is 2. The number of nitrogens with two attached hydrogens (primary N) is 1. The minimum Gasteiger partial charge on any atom is -0.392 e. The summed E-state index contributed by atoms with van der Waals surface area (Å²) in [6.45, 7) is 1.75. The molecular formula is C16H15FN2OS. The highest BCUT2D eigenvalue weighted by molar-refractivity contribution is 7.80. The topological polar surface area (TPSA) is 55.1 Å². The Morgan fingerprint density at radius 1 is 1.24 bits per heavy atom. The van der Waals surface area contributed by atoms with Gasteiger partial charge in [-0.3, -0.25) is 4.79 Å². The molecule has 2 rings (SSSR count). The third-order valence-corrected chi connectivity index (χ3v) is 3.22. The number of benzene rings is 2. The highest BCUT2D eigenvalue weighted by Crippen LogP contribution is 2.20. The van der Waals surface area contributed by atoms with Crippen molar-refractivity contribution in [3.05, 3.63) is 65.5 Å². The molecule has 3 nitrogen and oxygen atoms in total. The molecule has 0 aliphatic rings. The molecule has 0 saturated heterocycles. The molecule has 2 aromatic rings. The number of carbonyl (C=O) groups is 1. The summed E-state index contributed by atoms with van der Waals surface area (Å²) in [6, 6.07) is 13.3. The minimum absolute atomic E-state index is 0.0758. The van der Waals surface area contributed by atoms with Crippen LogP contribution in [0, 0.1) is 12.7 Å². The average Bonchev–Trinajstić information content (AvgIpc) is 2.38. The lowest BCUT2D eigenvalue weighted by Crippen LogP contribution is -2.31. The van der Waals surface area contributed by atoms with E-state index in [0.717, 1.165) is 5.56 Å². The number of halogens is 1. The summed E-state index contributed by atoms with van der Waals surface area (Å²) in [5, 5.41) is 2.66. The predicted molar refractivity (Wildman–Crippen MR) is 85.7 cm³/mol. The van der Waals surface area contributed by atoms with Crippen molar-refractivity contribution in [2.45, 2.75) is 12.8 Å². The smallest absolute Gasteiger partial charge is 0.238 e. The molecule has 0 spiro atoms. The fourth-order valence-electron chi connectivity index (χ4n) is 2.11. The van der Waals surface area contributed by atoms with Crippen LogP contribution in [0.1, 0.15) is 17.0 Å². The van der Waals surface area contributed by atoms with E-state index in [1.807, 2.05) is 6.07 Å². The Hall–Kier alpha value is -2.27. The van der Waals surface area contributed by atoms with Gasteiger partial charge in [-0.1, -0.05) is 42.5 Å². The molecule has 0 aliphatic carbocycles. The number of carbonyl (C=O) groups excluding carboxylic acids is 1. The molecule has 1 atom stereocenters. The lowest BCUT2D eigenvalue weighted by Gasteiger charge is -2.16. The van der Waals surface area contributed by atoms with E-state index in [0.29, 0.717) is 11.3 Å². The molecule has 0 heterocycles. The Labute approximate surface area is 128 Å². The van der Waals surface area contributed by atoms with Crippen molar-refractivity contribution in [3.63, 3.8) is 0 Å². The summed E-state index contributed by atoms with van der Waals surface area (Å²) in [5.41, 5.74) is 7.49. The zero-order chi connectivity index (χ0) is 15.4. The highest BCUT2D eigenvalue weighted by atomic mass is 32.1. The van der Waals surface area contributed by atoms with Gasteiger partial charge in [0.1, 0.15) is 11.7 Å². The van der Waals surface area contributed by atoms with Crippen molar-refractivity contribution in [2.75, 3.05) is 5.32 Å². The first-order valence-corrected chi connectivity index (χ1v) is 6.80. The molecule has 0 radical (unpaired) electrons. The molecule has 5 heteroatoms. The highest BCUT2D eigenvalue weighted by Gasteiger charge is 2.23. The van der Waals surface area contributed by atoms with E-state index in [1.54, 1.807) is 37.3 Å². The van der Waals surface area contributed by atoms with E-state index in [4.69, 9.17) is 18.0 Å². The fraction of sp³-hybridized carbons (Fsp3) is 0.125. The number of amides is 1. The van der Waals surface area contributed by atoms with Crippen LogP contribution in [-0.4, -0.2) is 10.9 Å². The van der Waals surface area contributed by atoms with E-state index < -0.39 is 11.7 Å². The van der Waals surface area contributed by atoms with Gasteiger partial charge >= 0.3 is 0 Å². The van der Waals surface area contributed by atoms with Crippen LogP contribution < -0.4 is 11.1 Å². The summed E-state index contributed by atoms with van der Waals surface area (Å²) >= 11 is 4.99. The summed E-state index contributed by atoms with van der Waals surface area (Å²) in [6.07, 6.45) is 0. The van der Waals surface area contributed by atoms with Crippen molar-refractivity contribution < 1.29 is 9.18 Å². The summed E-state index contributed by atoms with van der Waals surface area (Å²) in [7, 11) is 0. The van der Waals surface area contributed by atoms with E-state index in [1.165, 1.54) is 12.1 Å². The SMILES string of the molecule is Cc1cc(F)cc(NC(=O)C(C(N)=S)c2ccccc2)c1. The van der Waals surface area contributed by atoms with Crippen LogP contribution in [-0.2, 0) is 4.79 Å². The summed E-state index contributed by atoms with van der Waals surface area (Å²) < 4.78 is 13.4. The Bertz CT molecular complexity index is 653. The van der Waals surface area contributed by atoms with E-state index >= 15 is 0 Å². The summed E-state index contributed by atoms with van der Waals surface area (Å²) in [5.74, 6) is -1.53. The molecule has 1 unspecified atom stereocenters. The second kappa shape index (κ2) is 6.45. The van der Waals surface area contributed by atoms with E-state index in [-0.39, 0.29) is 10.9 Å². The van der Waals surface area contributed by atoms with E-state index in [9.17, 15) is 9.18 Å². The molecule has 3 N–H and O–H groups in total. The number of thiocarbonyl (C=S) groups is 1. The summed E-state index contributed by atoms with van der Waals surface area (Å²) in [4.78, 5) is 12.5. The third-order valence-electron chi connectivity index (χ3n) is 2.99. The molecule has 21 heavy (non-hydrogen) atoms. The van der Waals surface area contributed by atoms with Crippen LogP contribution in [0.25, 0.3) is 0 Å². The van der Waals surface area contributed by atoms with Crippen LogP contribution in [0.3, 0.4) is 0 Å². The van der Waals surface area contributed by atoms with Crippen LogP contribution in [0.4, 0.5) is 10.1 Å². The van der Waals surface area contributed by atoms with Gasteiger partial charge in [0.15, 0.2) is 0 Å². The molecule has 0 bridgehead atoms. The maximum Gasteiger partial charge on any atom is 0.238 e. The van der Waals surface area contributed by atoms with Crippen molar-refractivity contribution >= 4 is 28.8 Å². The largest absolute Gasteiger partial charge is 0.392 e. The van der Waals surface area contributed by atoms with Crippen molar-refractivity contribution in [2.24, 2.45) is 5.73 Å². The number of aryl methyl sites for hydroxylation is 1. The van der Waals surface area contributed by atoms with E-state index in [2.05, 4.69) is 5.32 Å². The normalized spacial score (nSPS) is 11.7. The Balaban J connectivity index is 2.26. The van der Waals surface area contributed by atoms with Gasteiger partial charge in [0, 0.05) is 5.69 Å². The number of rotatable bonds is 4. The molecule has 108 valence electrons. The van der Waals surface area contributed by atoms with Gasteiger partial charge in [0.25, 0.3) is 0 Å². The van der Waals surface area contributed by atoms with Gasteiger partial charge < -0.3 is 11.1 Å². The van der Waals surface area contributed by atoms with Crippen LogP contribution in [0.5, 0.6) is 0 Å². The number of nitrogens with one attached hydrogen (secondary N) is 1. The van der Waals surface area contributed by atoms with Crippen molar-refractivity contribution in [1.82, 2.24) is 0 Å². The third kappa shape index (κ3) is 3.86. The second-order valence-corrected chi connectivity index (χ2v) is 5.22. The maximum atomic E-state index is 13.4. The molecule has 2 aromatic carbocycles. The van der Waals surface area contributed by atoms with Gasteiger partial charge in [-0.05, 0) is 36.2 Å². The first-order valence-electron chi connectivity index (χ1n) is 6.39. The van der Waals surface area contributed by atoms with Crippen LogP contribution in [0.15, 0.2) is 48.5 Å². The quantitative estimate of drug-likeness (QED) is 0.853. The zero-order valence-electron chi connectivity index (χ0n) is 11.5. The fourth-order valence-corrected chi connectivity index (χ4v) is 2.36. The van der Waals surface area contributed by atoms with Gasteiger partial charge in [0.05, 0.1) is 4.99 Å². The number of hydrogen-bond donors (Lipinski definition) is 2. The van der Waals surface area contributed by atoms with Gasteiger partial charge in [0.2, 0.25) is 5.91 Å². The van der Waals surface area contributed by atoms with Crippen molar-refractivity contribution in [3.8, 4) is 0 Å². The number of anilines is 1. The molecular weight excluding hydrogens is 287 g/mol. The lowest BCUT2D eigenvalue weighted by molar-refractivity contribution is -0.116. The lowest BCUT2D eigenvalue weighted by atomic mass is 9.98. The molecule has 0 aliphatic heterocycles. The van der Waals surface area contributed by atoms with Gasteiger partial charge in [-0.15, -0.1) is 0 Å². The standard InChI is InChI=1S/C16H15FN2OS/c1-10-7-12(17)9-13(8-10)19-16(20)14(15(18)21)11-5-3-2-4-6-11/h2-9,14H,1H3,(H2,18,21)(H,19,20). The first-order chi connectivity index (χ1) is 9.97. The molecule has 0 aromatic heterocycles. The Kier molecular flexibility index (Phi) is 4.65. The Morgan fingerprint density at radius 2 is 1.90 bits per heavy atom. The molecule has 0 saturated carbocycles. The molecule has 0 fully saturated rings. The average molecular weight is 302 g/mol. The second-order valence-electron chi connectivity index (χ2n) is 4.75. The first kappa shape index (κ1) is 15.1. The van der Waals surface area contributed by atoms with Gasteiger partial charge in [-0.25, -0.2) is 4.39 Å². The maximum absolute atomic E-state index is 13.4. The van der Waals surface area contributed by atoms with Crippen molar-refractivity contribution in [1.29, 1.82) is 0 Å². The van der Waals surface area contributed by atoms with Crippen LogP contribution in [0.2, 0.25) is 0 Å². The van der Waals surface area contributed by atoms with Crippen LogP contribution >= 0.6 is 12.2 Å². The van der Waals surface area contributed by atoms with Gasteiger partial charge in [-0.2, -0.15) is 0 Å². The minimum atomic E-state index is -0.746. The molecule has 1 amide bonds. The monoisotopic (exact) mass is 302 g/mol. The zero-order valence-corrected chi connectivity index (χ0v) is 12.3. The predicted octanol–water partition coefficient (Wildman–Crippen LogP) is 3.14.